The third-order valence-electron chi connectivity index (χ3n) is 3.09. The second kappa shape index (κ2) is 3.20. The topological polar surface area (TPSA) is 78.3 Å². The molecule has 5 nitrogen and oxygen atoms in total. The number of aromatic amines is 1. The number of β-amino-alcohol motifs (C(OH)–C–C–N with tert-alkyl or cyclic N) is 1. The second-order valence-electron chi connectivity index (χ2n) is 4.18. The standard InChI is InChI=1S/C11H12N2O3/c14-10-13-8-2-1-7(5-9(8)16-10)11(15)3-4-12-6-11/h1-2,5,12,15H,3-4,6H2,(H,13,14). The zero-order valence-corrected chi connectivity index (χ0v) is 8.62. The Balaban J connectivity index is 2.14. The molecule has 2 heterocycles. The van der Waals surface area contributed by atoms with Crippen molar-refractivity contribution in [2.24, 2.45) is 0 Å². The van der Waals surface area contributed by atoms with Gasteiger partial charge in [-0.1, -0.05) is 6.07 Å². The number of nitrogens with one attached hydrogen (secondary N) is 2. The summed E-state index contributed by atoms with van der Waals surface area (Å²) in [7, 11) is 0. The molecule has 1 aliphatic rings. The quantitative estimate of drug-likeness (QED) is 0.646. The molecule has 1 fully saturated rings. The van der Waals surface area contributed by atoms with E-state index in [1.165, 1.54) is 0 Å². The maximum atomic E-state index is 11.0. The van der Waals surface area contributed by atoms with Crippen molar-refractivity contribution in [1.82, 2.24) is 10.3 Å². The number of benzene rings is 1. The van der Waals surface area contributed by atoms with Crippen LogP contribution in [-0.2, 0) is 5.60 Å². The van der Waals surface area contributed by atoms with E-state index in [1.807, 2.05) is 6.07 Å². The Bertz CT molecular complexity index is 578. The summed E-state index contributed by atoms with van der Waals surface area (Å²) in [4.78, 5) is 13.6. The third kappa shape index (κ3) is 1.36. The van der Waals surface area contributed by atoms with Gasteiger partial charge in [0.2, 0.25) is 0 Å². The fraction of sp³-hybridized carbons (Fsp3) is 0.364. The highest BCUT2D eigenvalue weighted by Gasteiger charge is 2.33. The van der Waals surface area contributed by atoms with Crippen molar-refractivity contribution in [3.05, 3.63) is 34.3 Å². The first-order valence-electron chi connectivity index (χ1n) is 5.24. The van der Waals surface area contributed by atoms with E-state index in [4.69, 9.17) is 4.42 Å². The summed E-state index contributed by atoms with van der Waals surface area (Å²) < 4.78 is 4.97. The van der Waals surface area contributed by atoms with E-state index < -0.39 is 11.4 Å². The van der Waals surface area contributed by atoms with Crippen LogP contribution < -0.4 is 11.1 Å². The van der Waals surface area contributed by atoms with Crippen LogP contribution in [0.3, 0.4) is 0 Å². The average Bonchev–Trinajstić information content (AvgIpc) is 2.82. The zero-order valence-electron chi connectivity index (χ0n) is 8.62. The molecule has 0 radical (unpaired) electrons. The Hall–Kier alpha value is -1.59. The van der Waals surface area contributed by atoms with Crippen molar-refractivity contribution in [2.75, 3.05) is 13.1 Å². The molecule has 0 aliphatic carbocycles. The van der Waals surface area contributed by atoms with Crippen molar-refractivity contribution in [3.63, 3.8) is 0 Å². The van der Waals surface area contributed by atoms with Gasteiger partial charge in [0, 0.05) is 6.54 Å². The van der Waals surface area contributed by atoms with E-state index in [2.05, 4.69) is 10.3 Å². The minimum atomic E-state index is -0.843. The predicted octanol–water partition coefficient (Wildman–Crippen LogP) is 0.302. The lowest BCUT2D eigenvalue weighted by molar-refractivity contribution is 0.0588. The van der Waals surface area contributed by atoms with Crippen LogP contribution in [0.1, 0.15) is 12.0 Å². The monoisotopic (exact) mass is 220 g/mol. The minimum Gasteiger partial charge on any atom is -0.408 e. The van der Waals surface area contributed by atoms with Gasteiger partial charge >= 0.3 is 5.76 Å². The van der Waals surface area contributed by atoms with E-state index >= 15 is 0 Å². The number of hydrogen-bond acceptors (Lipinski definition) is 4. The minimum absolute atomic E-state index is 0.469. The Morgan fingerprint density at radius 2 is 2.31 bits per heavy atom. The highest BCUT2D eigenvalue weighted by Crippen LogP contribution is 2.29. The molecule has 1 aromatic carbocycles. The molecule has 5 heteroatoms. The summed E-state index contributed by atoms with van der Waals surface area (Å²) in [5.74, 6) is -0.469. The average molecular weight is 220 g/mol. The molecule has 0 amide bonds. The molecule has 0 spiro atoms. The van der Waals surface area contributed by atoms with Gasteiger partial charge in [-0.25, -0.2) is 4.79 Å². The Morgan fingerprint density at radius 3 is 3.06 bits per heavy atom. The molecular formula is C11H12N2O3. The van der Waals surface area contributed by atoms with E-state index in [1.54, 1.807) is 12.1 Å². The summed E-state index contributed by atoms with van der Waals surface area (Å²) in [6, 6.07) is 5.30. The third-order valence-corrected chi connectivity index (χ3v) is 3.09. The Labute approximate surface area is 91.1 Å². The number of aromatic nitrogens is 1. The van der Waals surface area contributed by atoms with Crippen molar-refractivity contribution in [2.45, 2.75) is 12.0 Å². The van der Waals surface area contributed by atoms with Crippen LogP contribution in [0.4, 0.5) is 0 Å². The zero-order chi connectivity index (χ0) is 11.2. The van der Waals surface area contributed by atoms with Gasteiger partial charge < -0.3 is 14.8 Å². The van der Waals surface area contributed by atoms with E-state index in [-0.39, 0.29) is 0 Å². The van der Waals surface area contributed by atoms with Crippen molar-refractivity contribution in [1.29, 1.82) is 0 Å². The molecule has 2 aromatic rings. The van der Waals surface area contributed by atoms with Gasteiger partial charge in [-0.15, -0.1) is 0 Å². The van der Waals surface area contributed by atoms with Gasteiger partial charge in [0.25, 0.3) is 0 Å². The van der Waals surface area contributed by atoms with Gasteiger partial charge in [-0.05, 0) is 30.7 Å². The number of hydrogen-bond donors (Lipinski definition) is 3. The number of aliphatic hydroxyl groups is 1. The number of fused-ring (bicyclic) bond motifs is 1. The lowest BCUT2D eigenvalue weighted by atomic mass is 9.93. The first kappa shape index (κ1) is 9.62. The van der Waals surface area contributed by atoms with Gasteiger partial charge in [-0.2, -0.15) is 0 Å². The lowest BCUT2D eigenvalue weighted by Crippen LogP contribution is -2.28. The van der Waals surface area contributed by atoms with Crippen molar-refractivity contribution >= 4 is 11.1 Å². The van der Waals surface area contributed by atoms with E-state index in [0.717, 1.165) is 12.1 Å². The molecule has 1 unspecified atom stereocenters. The van der Waals surface area contributed by atoms with Crippen molar-refractivity contribution in [3.8, 4) is 0 Å². The smallest absolute Gasteiger partial charge is 0.408 e. The highest BCUT2D eigenvalue weighted by atomic mass is 16.4. The van der Waals surface area contributed by atoms with Crippen molar-refractivity contribution < 1.29 is 9.52 Å². The molecule has 3 rings (SSSR count). The molecule has 3 N–H and O–H groups in total. The van der Waals surface area contributed by atoms with Gasteiger partial charge in [0.15, 0.2) is 5.58 Å². The summed E-state index contributed by atoms with van der Waals surface area (Å²) in [6.45, 7) is 1.33. The molecule has 84 valence electrons. The molecule has 0 saturated carbocycles. The van der Waals surface area contributed by atoms with Crippen LogP contribution in [0.15, 0.2) is 27.4 Å². The van der Waals surface area contributed by atoms with E-state index in [0.29, 0.717) is 24.1 Å². The summed E-state index contributed by atoms with van der Waals surface area (Å²) >= 11 is 0. The van der Waals surface area contributed by atoms with Crippen LogP contribution in [-0.4, -0.2) is 23.2 Å². The van der Waals surface area contributed by atoms with Crippen LogP contribution in [0.5, 0.6) is 0 Å². The fourth-order valence-electron chi connectivity index (χ4n) is 2.16. The van der Waals surface area contributed by atoms with Crippen LogP contribution in [0.2, 0.25) is 0 Å². The molecule has 1 atom stereocenters. The molecule has 16 heavy (non-hydrogen) atoms. The van der Waals surface area contributed by atoms with E-state index in [9.17, 15) is 9.90 Å². The van der Waals surface area contributed by atoms with Crippen LogP contribution in [0, 0.1) is 0 Å². The maximum absolute atomic E-state index is 11.0. The normalized spacial score (nSPS) is 25.3. The summed E-state index contributed by atoms with van der Waals surface area (Å²) in [6.07, 6.45) is 0.674. The summed E-state index contributed by atoms with van der Waals surface area (Å²) in [5, 5.41) is 13.5. The number of oxazole rings is 1. The highest BCUT2D eigenvalue weighted by molar-refractivity contribution is 5.73. The first-order valence-corrected chi connectivity index (χ1v) is 5.24. The van der Waals surface area contributed by atoms with Gasteiger partial charge in [-0.3, -0.25) is 4.98 Å². The Kier molecular flexibility index (Phi) is 1.92. The molecule has 1 aliphatic heterocycles. The predicted molar refractivity (Wildman–Crippen MR) is 58.2 cm³/mol. The summed E-state index contributed by atoms with van der Waals surface area (Å²) in [5.41, 5.74) is 1.09. The number of rotatable bonds is 1. The molecule has 1 aromatic heterocycles. The molecular weight excluding hydrogens is 208 g/mol. The molecule has 1 saturated heterocycles. The fourth-order valence-corrected chi connectivity index (χ4v) is 2.16. The largest absolute Gasteiger partial charge is 0.417 e. The van der Waals surface area contributed by atoms with Crippen LogP contribution in [0.25, 0.3) is 11.1 Å². The second-order valence-corrected chi connectivity index (χ2v) is 4.18. The SMILES string of the molecule is O=c1[nH]c2ccc(C3(O)CCNC3)cc2o1. The first-order chi connectivity index (χ1) is 7.67. The Morgan fingerprint density at radius 1 is 1.44 bits per heavy atom. The molecule has 0 bridgehead atoms. The lowest BCUT2D eigenvalue weighted by Gasteiger charge is -2.21. The maximum Gasteiger partial charge on any atom is 0.417 e. The van der Waals surface area contributed by atoms with Crippen LogP contribution >= 0.6 is 0 Å². The number of H-pyrrole nitrogens is 1. The van der Waals surface area contributed by atoms with Gasteiger partial charge in [0.05, 0.1) is 5.52 Å². The van der Waals surface area contributed by atoms with Gasteiger partial charge in [0.1, 0.15) is 5.60 Å².